The summed E-state index contributed by atoms with van der Waals surface area (Å²) in [6.45, 7) is 1.77. The van der Waals surface area contributed by atoms with E-state index in [1.165, 1.54) is 23.3 Å². The van der Waals surface area contributed by atoms with Crippen LogP contribution in [0.25, 0.3) is 0 Å². The number of carbonyl (C=O) groups is 1. The molecule has 30 heavy (non-hydrogen) atoms. The first-order chi connectivity index (χ1) is 14.4. The number of anilines is 2. The molecule has 0 bridgehead atoms. The highest BCUT2D eigenvalue weighted by Gasteiger charge is 2.39. The lowest BCUT2D eigenvalue weighted by Crippen LogP contribution is -2.41. The lowest BCUT2D eigenvalue weighted by Gasteiger charge is -2.26. The van der Waals surface area contributed by atoms with Gasteiger partial charge < -0.3 is 5.32 Å². The Hall–Kier alpha value is -3.23. The van der Waals surface area contributed by atoms with Gasteiger partial charge in [0.1, 0.15) is 4.90 Å². The molecule has 0 unspecified atom stereocenters. The van der Waals surface area contributed by atoms with Gasteiger partial charge in [-0.15, -0.1) is 5.10 Å². The summed E-state index contributed by atoms with van der Waals surface area (Å²) in [6.07, 6.45) is 1.47. The first-order valence-electron chi connectivity index (χ1n) is 9.08. The molecule has 4 rings (SSSR count). The van der Waals surface area contributed by atoms with E-state index in [1.807, 2.05) is 30.3 Å². The molecule has 1 aliphatic rings. The average molecular weight is 441 g/mol. The molecule has 1 aliphatic heterocycles. The van der Waals surface area contributed by atoms with Crippen LogP contribution in [0.3, 0.4) is 0 Å². The van der Waals surface area contributed by atoms with Gasteiger partial charge in [0.15, 0.2) is 5.82 Å². The summed E-state index contributed by atoms with van der Waals surface area (Å²) in [5.41, 5.74) is 1.37. The second kappa shape index (κ2) is 7.89. The minimum atomic E-state index is -4.15. The number of carbonyl (C=O) groups excluding carboxylic acids is 1. The van der Waals surface area contributed by atoms with E-state index in [2.05, 4.69) is 15.4 Å². The molecule has 1 atom stereocenters. The number of hydrogen-bond donors (Lipinski definition) is 1. The smallest absolute Gasteiger partial charge is 0.284 e. The molecule has 9 heteroatoms. The number of aromatic nitrogens is 1. The molecular formula is C21H17ClN4O3S. The lowest BCUT2D eigenvalue weighted by molar-refractivity contribution is -0.115. The predicted molar refractivity (Wildman–Crippen MR) is 115 cm³/mol. The van der Waals surface area contributed by atoms with E-state index in [0.29, 0.717) is 10.7 Å². The summed E-state index contributed by atoms with van der Waals surface area (Å²) < 4.78 is 26.2. The van der Waals surface area contributed by atoms with Crippen molar-refractivity contribution in [2.24, 2.45) is 5.10 Å². The highest BCUT2D eigenvalue weighted by Crippen LogP contribution is 2.35. The van der Waals surface area contributed by atoms with Crippen molar-refractivity contribution in [1.82, 2.24) is 10.3 Å². The van der Waals surface area contributed by atoms with Crippen LogP contribution in [0.1, 0.15) is 18.5 Å². The molecule has 7 nitrogen and oxygen atoms in total. The van der Waals surface area contributed by atoms with Crippen molar-refractivity contribution in [2.45, 2.75) is 17.9 Å². The third kappa shape index (κ3) is 3.67. The average Bonchev–Trinajstić information content (AvgIpc) is 2.75. The third-order valence-corrected chi connectivity index (χ3v) is 6.52. The highest BCUT2D eigenvalue weighted by atomic mass is 35.5. The summed E-state index contributed by atoms with van der Waals surface area (Å²) in [5, 5.41) is 8.13. The van der Waals surface area contributed by atoms with Crippen LogP contribution in [0.4, 0.5) is 11.5 Å². The first kappa shape index (κ1) is 20.1. The molecule has 3 aromatic rings. The molecule has 1 N–H and O–H groups in total. The van der Waals surface area contributed by atoms with Crippen molar-refractivity contribution < 1.29 is 13.2 Å². The predicted octanol–water partition coefficient (Wildman–Crippen LogP) is 3.85. The number of nitrogens with zero attached hydrogens (tertiary/aromatic N) is 3. The SMILES string of the molecule is C[C@@H](NC(=O)C1=NN(c2ccc(Cl)cc2)c2ncccc2S1(=O)=O)c1ccccc1. The van der Waals surface area contributed by atoms with Gasteiger partial charge in [0, 0.05) is 11.2 Å². The van der Waals surface area contributed by atoms with Gasteiger partial charge in [-0.05, 0) is 48.9 Å². The number of pyridine rings is 1. The lowest BCUT2D eigenvalue weighted by atomic mass is 10.1. The molecule has 0 aliphatic carbocycles. The summed E-state index contributed by atoms with van der Waals surface area (Å²) in [7, 11) is -4.15. The number of benzene rings is 2. The van der Waals surface area contributed by atoms with Crippen LogP contribution in [0.5, 0.6) is 0 Å². The molecule has 0 radical (unpaired) electrons. The summed E-state index contributed by atoms with van der Waals surface area (Å²) >= 11 is 5.96. The van der Waals surface area contributed by atoms with Crippen LogP contribution in [0.2, 0.25) is 5.02 Å². The molecule has 0 spiro atoms. The maximum Gasteiger partial charge on any atom is 0.284 e. The van der Waals surface area contributed by atoms with Crippen LogP contribution in [0.15, 0.2) is 82.9 Å². The molecular weight excluding hydrogens is 424 g/mol. The van der Waals surface area contributed by atoms with Gasteiger partial charge in [-0.25, -0.2) is 18.4 Å². The van der Waals surface area contributed by atoms with Gasteiger partial charge in [-0.3, -0.25) is 4.79 Å². The Labute approximate surface area is 178 Å². The zero-order valence-electron chi connectivity index (χ0n) is 15.9. The largest absolute Gasteiger partial charge is 0.343 e. The number of hydrogen-bond acceptors (Lipinski definition) is 6. The number of halogens is 1. The van der Waals surface area contributed by atoms with Gasteiger partial charge in [-0.2, -0.15) is 0 Å². The number of nitrogens with one attached hydrogen (secondary N) is 1. The molecule has 1 amide bonds. The number of rotatable bonds is 4. The van der Waals surface area contributed by atoms with Crippen molar-refractivity contribution in [1.29, 1.82) is 0 Å². The van der Waals surface area contributed by atoms with Crippen LogP contribution in [-0.2, 0) is 14.6 Å². The highest BCUT2D eigenvalue weighted by molar-refractivity contribution is 8.08. The fourth-order valence-corrected chi connectivity index (χ4v) is 4.52. The summed E-state index contributed by atoms with van der Waals surface area (Å²) in [6, 6.07) is 18.4. The zero-order valence-corrected chi connectivity index (χ0v) is 17.4. The Kier molecular flexibility index (Phi) is 5.27. The Bertz CT molecular complexity index is 1230. The Morgan fingerprint density at radius 2 is 1.73 bits per heavy atom. The van der Waals surface area contributed by atoms with Gasteiger partial charge >= 0.3 is 0 Å². The maximum absolute atomic E-state index is 13.1. The van der Waals surface area contributed by atoms with E-state index < -0.39 is 26.8 Å². The molecule has 0 saturated carbocycles. The van der Waals surface area contributed by atoms with E-state index in [9.17, 15) is 13.2 Å². The topological polar surface area (TPSA) is 91.7 Å². The molecule has 2 aromatic carbocycles. The number of hydrazone groups is 1. The Morgan fingerprint density at radius 1 is 1.03 bits per heavy atom. The van der Waals surface area contributed by atoms with E-state index in [4.69, 9.17) is 11.6 Å². The molecule has 152 valence electrons. The fourth-order valence-electron chi connectivity index (χ4n) is 3.06. The second-order valence-electron chi connectivity index (χ2n) is 6.63. The van der Waals surface area contributed by atoms with Gasteiger partial charge in [0.25, 0.3) is 5.91 Å². The van der Waals surface area contributed by atoms with Crippen molar-refractivity contribution in [3.8, 4) is 0 Å². The zero-order chi connectivity index (χ0) is 21.3. The molecule has 1 aromatic heterocycles. The van der Waals surface area contributed by atoms with E-state index in [0.717, 1.165) is 5.56 Å². The Morgan fingerprint density at radius 3 is 2.43 bits per heavy atom. The molecule has 0 fully saturated rings. The summed E-state index contributed by atoms with van der Waals surface area (Å²) in [5.74, 6) is -0.674. The van der Waals surface area contributed by atoms with Crippen LogP contribution < -0.4 is 10.3 Å². The standard InChI is InChI=1S/C21H17ClN4O3S/c1-14(15-6-3-2-4-7-15)24-20(27)21-25-26(17-11-9-16(22)10-12-17)19-18(30(21,28)29)8-5-13-23-19/h2-14H,1H3,(H,24,27)/t14-/m1/s1. The maximum atomic E-state index is 13.1. The Balaban J connectivity index is 1.76. The van der Waals surface area contributed by atoms with Crippen molar-refractivity contribution >= 4 is 43.9 Å². The fraction of sp³-hybridized carbons (Fsp3) is 0.0952. The minimum absolute atomic E-state index is 0.0903. The van der Waals surface area contributed by atoms with Crippen molar-refractivity contribution in [3.05, 3.63) is 83.5 Å². The van der Waals surface area contributed by atoms with E-state index >= 15 is 0 Å². The summed E-state index contributed by atoms with van der Waals surface area (Å²) in [4.78, 5) is 17.0. The number of sulfone groups is 1. The molecule has 0 saturated heterocycles. The third-order valence-electron chi connectivity index (χ3n) is 4.60. The monoisotopic (exact) mass is 440 g/mol. The van der Waals surface area contributed by atoms with Crippen LogP contribution in [-0.4, -0.2) is 24.4 Å². The van der Waals surface area contributed by atoms with E-state index in [-0.39, 0.29) is 10.7 Å². The quantitative estimate of drug-likeness (QED) is 0.665. The normalized spacial score (nSPS) is 15.7. The van der Waals surface area contributed by atoms with Crippen molar-refractivity contribution in [2.75, 3.05) is 5.01 Å². The molecule has 2 heterocycles. The van der Waals surface area contributed by atoms with Crippen molar-refractivity contribution in [3.63, 3.8) is 0 Å². The van der Waals surface area contributed by atoms with Crippen LogP contribution >= 0.6 is 11.6 Å². The van der Waals surface area contributed by atoms with E-state index in [1.54, 1.807) is 31.2 Å². The minimum Gasteiger partial charge on any atom is -0.343 e. The van der Waals surface area contributed by atoms with Gasteiger partial charge in [0.05, 0.1) is 11.7 Å². The number of amides is 1. The number of fused-ring (bicyclic) bond motifs is 1. The second-order valence-corrected chi connectivity index (χ2v) is 8.90. The van der Waals surface area contributed by atoms with Gasteiger partial charge in [0.2, 0.25) is 14.9 Å². The first-order valence-corrected chi connectivity index (χ1v) is 10.9. The van der Waals surface area contributed by atoms with Crippen LogP contribution in [0, 0.1) is 0 Å². The van der Waals surface area contributed by atoms with Gasteiger partial charge in [-0.1, -0.05) is 41.9 Å².